The third kappa shape index (κ3) is 5.39. The maximum absolute atomic E-state index is 12.0. The minimum absolute atomic E-state index is 0.132. The Balaban J connectivity index is 2.59. The maximum Gasteiger partial charge on any atom is 0.259 e. The van der Waals surface area contributed by atoms with Gasteiger partial charge in [-0.15, -0.1) is 0 Å². The van der Waals surface area contributed by atoms with Crippen molar-refractivity contribution in [1.29, 1.82) is 0 Å². The van der Waals surface area contributed by atoms with Gasteiger partial charge >= 0.3 is 0 Å². The van der Waals surface area contributed by atoms with Crippen LogP contribution in [0.2, 0.25) is 0 Å². The van der Waals surface area contributed by atoms with E-state index in [4.69, 9.17) is 0 Å². The average Bonchev–Trinajstić information content (AvgIpc) is 2.72. The Bertz CT molecular complexity index is 485. The first-order valence-electron chi connectivity index (χ1n) is 6.60. The molecule has 110 valence electrons. The molecule has 0 saturated heterocycles. The molecular formula is C12H22IN3O2S. The van der Waals surface area contributed by atoms with Gasteiger partial charge in [0, 0.05) is 19.3 Å². The van der Waals surface area contributed by atoms with Crippen molar-refractivity contribution in [3.8, 4) is 0 Å². The highest BCUT2D eigenvalue weighted by molar-refractivity contribution is 14.1. The number of hydrogen-bond donors (Lipinski definition) is 1. The summed E-state index contributed by atoms with van der Waals surface area (Å²) in [6, 6.07) is 0. The van der Waals surface area contributed by atoms with Crippen molar-refractivity contribution in [3.63, 3.8) is 0 Å². The van der Waals surface area contributed by atoms with E-state index in [1.54, 1.807) is 6.20 Å². The van der Waals surface area contributed by atoms with Crippen LogP contribution in [0.4, 0.5) is 0 Å². The molecule has 0 aliphatic rings. The van der Waals surface area contributed by atoms with Crippen molar-refractivity contribution >= 4 is 32.6 Å². The summed E-state index contributed by atoms with van der Waals surface area (Å²) in [4.78, 5) is 4.13. The van der Waals surface area contributed by atoms with Crippen molar-refractivity contribution in [1.82, 2.24) is 14.3 Å². The molecule has 1 aromatic heterocycles. The number of hydrogen-bond acceptors (Lipinski definition) is 3. The molecule has 0 aliphatic carbocycles. The molecule has 0 radical (unpaired) electrons. The fourth-order valence-corrected chi connectivity index (χ4v) is 3.37. The van der Waals surface area contributed by atoms with E-state index in [1.807, 2.05) is 11.5 Å². The molecule has 0 atom stereocenters. The number of unbranched alkanes of at least 4 members (excludes halogenated alkanes) is 2. The zero-order chi connectivity index (χ0) is 14.3. The van der Waals surface area contributed by atoms with Crippen molar-refractivity contribution in [2.75, 3.05) is 11.0 Å². The molecule has 1 aromatic rings. The summed E-state index contributed by atoms with van der Waals surface area (Å²) in [5, 5.41) is 0.132. The number of sulfonamides is 1. The molecule has 1 N–H and O–H groups in total. The number of halogens is 1. The summed E-state index contributed by atoms with van der Waals surface area (Å²) in [6.45, 7) is 5.16. The summed E-state index contributed by atoms with van der Waals surface area (Å²) in [6.07, 6.45) is 5.63. The highest BCUT2D eigenvalue weighted by Gasteiger charge is 2.18. The number of alkyl halides is 1. The normalized spacial score (nSPS) is 11.9. The van der Waals surface area contributed by atoms with E-state index in [-0.39, 0.29) is 5.03 Å². The van der Waals surface area contributed by atoms with Crippen LogP contribution >= 0.6 is 22.6 Å². The maximum atomic E-state index is 12.0. The summed E-state index contributed by atoms with van der Waals surface area (Å²) < 4.78 is 29.7. The molecule has 0 spiro atoms. The molecular weight excluding hydrogens is 377 g/mol. The number of imidazole rings is 1. The van der Waals surface area contributed by atoms with Crippen molar-refractivity contribution in [3.05, 3.63) is 12.0 Å². The van der Waals surface area contributed by atoms with Gasteiger partial charge in [0.2, 0.25) is 0 Å². The molecule has 0 saturated carbocycles. The van der Waals surface area contributed by atoms with Crippen LogP contribution in [-0.2, 0) is 16.6 Å². The second-order valence-corrected chi connectivity index (χ2v) is 7.26. The van der Waals surface area contributed by atoms with Gasteiger partial charge in [-0.1, -0.05) is 35.9 Å². The molecule has 7 heteroatoms. The average molecular weight is 399 g/mol. The molecule has 0 aromatic carbocycles. The third-order valence-corrected chi connectivity index (χ3v) is 4.89. The van der Waals surface area contributed by atoms with Gasteiger partial charge in [-0.2, -0.15) is 0 Å². The van der Waals surface area contributed by atoms with E-state index in [1.165, 1.54) is 0 Å². The summed E-state index contributed by atoms with van der Waals surface area (Å²) in [5.74, 6) is 0.743. The minimum atomic E-state index is -3.45. The molecule has 1 heterocycles. The molecule has 0 aliphatic heterocycles. The topological polar surface area (TPSA) is 64.0 Å². The van der Waals surface area contributed by atoms with E-state index in [0.717, 1.165) is 42.5 Å². The number of rotatable bonds is 9. The van der Waals surface area contributed by atoms with E-state index in [9.17, 15) is 8.42 Å². The van der Waals surface area contributed by atoms with Crippen LogP contribution in [-0.4, -0.2) is 28.9 Å². The third-order valence-electron chi connectivity index (χ3n) is 2.80. The minimum Gasteiger partial charge on any atom is -0.334 e. The fraction of sp³-hybridized carbons (Fsp3) is 0.750. The zero-order valence-corrected chi connectivity index (χ0v) is 14.5. The Morgan fingerprint density at radius 2 is 2.11 bits per heavy atom. The standard InChI is InChI=1S/C12H22IN3O2S/c1-3-9-16-10-12(15-11(16)2)19(17,18)14-8-6-4-5-7-13/h10,14H,3-9H2,1-2H3. The summed E-state index contributed by atoms with van der Waals surface area (Å²) in [7, 11) is -3.45. The van der Waals surface area contributed by atoms with E-state index in [0.29, 0.717) is 6.54 Å². The first-order valence-corrected chi connectivity index (χ1v) is 9.61. The molecule has 0 unspecified atom stereocenters. The van der Waals surface area contributed by atoms with E-state index >= 15 is 0 Å². The first kappa shape index (κ1) is 16.9. The Morgan fingerprint density at radius 3 is 2.74 bits per heavy atom. The quantitative estimate of drug-likeness (QED) is 0.394. The smallest absolute Gasteiger partial charge is 0.259 e. The van der Waals surface area contributed by atoms with Gasteiger partial charge in [0.15, 0.2) is 5.03 Å². The van der Waals surface area contributed by atoms with Crippen LogP contribution in [0.15, 0.2) is 11.2 Å². The Hall–Kier alpha value is -0.150. The van der Waals surface area contributed by atoms with Gasteiger partial charge in [-0.3, -0.25) is 0 Å². The van der Waals surface area contributed by atoms with Crippen molar-refractivity contribution in [2.45, 2.75) is 51.1 Å². The summed E-state index contributed by atoms with van der Waals surface area (Å²) >= 11 is 2.33. The Morgan fingerprint density at radius 1 is 1.37 bits per heavy atom. The van der Waals surface area contributed by atoms with Gasteiger partial charge in [0.05, 0.1) is 0 Å². The Kier molecular flexibility index (Phi) is 7.30. The molecule has 1 rings (SSSR count). The number of nitrogens with one attached hydrogen (secondary N) is 1. The first-order chi connectivity index (χ1) is 9.01. The van der Waals surface area contributed by atoms with Gasteiger partial charge in [-0.05, 0) is 30.6 Å². The second kappa shape index (κ2) is 8.21. The van der Waals surface area contributed by atoms with Gasteiger partial charge < -0.3 is 4.57 Å². The van der Waals surface area contributed by atoms with Crippen LogP contribution in [0.3, 0.4) is 0 Å². The number of aromatic nitrogens is 2. The predicted molar refractivity (Wildman–Crippen MR) is 85.2 cm³/mol. The molecule has 0 bridgehead atoms. The monoisotopic (exact) mass is 399 g/mol. The highest BCUT2D eigenvalue weighted by Crippen LogP contribution is 2.10. The predicted octanol–water partition coefficient (Wildman–Crippen LogP) is 2.49. The molecule has 19 heavy (non-hydrogen) atoms. The lowest BCUT2D eigenvalue weighted by Crippen LogP contribution is -2.25. The summed E-state index contributed by atoms with van der Waals surface area (Å²) in [5.41, 5.74) is 0. The molecule has 0 fully saturated rings. The zero-order valence-electron chi connectivity index (χ0n) is 11.5. The lowest BCUT2D eigenvalue weighted by atomic mass is 10.3. The van der Waals surface area contributed by atoms with Gasteiger partial charge in [0.1, 0.15) is 5.82 Å². The van der Waals surface area contributed by atoms with E-state index in [2.05, 4.69) is 39.2 Å². The number of nitrogens with zero attached hydrogens (tertiary/aromatic N) is 2. The van der Waals surface area contributed by atoms with E-state index < -0.39 is 10.0 Å². The lowest BCUT2D eigenvalue weighted by molar-refractivity contribution is 0.572. The van der Waals surface area contributed by atoms with Crippen LogP contribution in [0, 0.1) is 6.92 Å². The largest absolute Gasteiger partial charge is 0.334 e. The molecule has 5 nitrogen and oxygen atoms in total. The SMILES string of the molecule is CCCn1cc(S(=O)(=O)NCCCCCI)nc1C. The van der Waals surface area contributed by atoms with Crippen LogP contribution in [0.5, 0.6) is 0 Å². The van der Waals surface area contributed by atoms with Crippen molar-refractivity contribution < 1.29 is 8.42 Å². The van der Waals surface area contributed by atoms with Crippen LogP contribution in [0.25, 0.3) is 0 Å². The van der Waals surface area contributed by atoms with Crippen molar-refractivity contribution in [2.24, 2.45) is 0 Å². The highest BCUT2D eigenvalue weighted by atomic mass is 127. The van der Waals surface area contributed by atoms with Gasteiger partial charge in [0.25, 0.3) is 10.0 Å². The Labute approximate surface area is 129 Å². The molecule has 0 amide bonds. The lowest BCUT2D eigenvalue weighted by Gasteiger charge is -2.03. The van der Waals surface area contributed by atoms with Gasteiger partial charge in [-0.25, -0.2) is 18.1 Å². The van der Waals surface area contributed by atoms with Crippen LogP contribution in [0.1, 0.15) is 38.4 Å². The second-order valence-electron chi connectivity index (χ2n) is 4.47. The number of aryl methyl sites for hydroxylation is 2. The fourth-order valence-electron chi connectivity index (χ4n) is 1.75. The van der Waals surface area contributed by atoms with Crippen LogP contribution < -0.4 is 4.72 Å².